The second-order valence-electron chi connectivity index (χ2n) is 5.53. The molecule has 0 aliphatic carbocycles. The lowest BCUT2D eigenvalue weighted by molar-refractivity contribution is -0.141. The fourth-order valence-corrected chi connectivity index (χ4v) is 2.07. The zero-order valence-electron chi connectivity index (χ0n) is 14.3. The van der Waals surface area contributed by atoms with Crippen molar-refractivity contribution in [1.29, 1.82) is 0 Å². The molecule has 3 aromatic heterocycles. The number of anilines is 3. The van der Waals surface area contributed by atoms with Gasteiger partial charge in [0.05, 0.1) is 0 Å². The van der Waals surface area contributed by atoms with E-state index in [0.29, 0.717) is 16.4 Å². The summed E-state index contributed by atoms with van der Waals surface area (Å²) in [7, 11) is 0. The van der Waals surface area contributed by atoms with E-state index in [1.54, 1.807) is 0 Å². The number of alkyl halides is 6. The van der Waals surface area contributed by atoms with Crippen LogP contribution >= 0.6 is 0 Å². The van der Waals surface area contributed by atoms with E-state index >= 15 is 0 Å². The molecule has 1 atom stereocenters. The van der Waals surface area contributed by atoms with Gasteiger partial charge in [0.25, 0.3) is 12.4 Å². The number of nitrogens with one attached hydrogen (secondary N) is 2. The van der Waals surface area contributed by atoms with Crippen molar-refractivity contribution in [3.63, 3.8) is 0 Å². The van der Waals surface area contributed by atoms with Gasteiger partial charge in [-0.05, 0) is 18.2 Å². The number of hydrogen-bond acceptors (Lipinski definition) is 7. The van der Waals surface area contributed by atoms with Gasteiger partial charge < -0.3 is 10.6 Å². The smallest absolute Gasteiger partial charge is 0.343 e. The Morgan fingerprint density at radius 1 is 1.00 bits per heavy atom. The summed E-state index contributed by atoms with van der Waals surface area (Å²) in [6.45, 7) is -1.42. The third-order valence-electron chi connectivity index (χ3n) is 3.43. The van der Waals surface area contributed by atoms with Crippen LogP contribution in [0.3, 0.4) is 0 Å². The second-order valence-corrected chi connectivity index (χ2v) is 5.53. The molecule has 3 heterocycles. The molecule has 0 saturated carbocycles. The van der Waals surface area contributed by atoms with Gasteiger partial charge in [0, 0.05) is 24.3 Å². The maximum absolute atomic E-state index is 12.9. The average Bonchev–Trinajstić information content (AvgIpc) is 3.17. The van der Waals surface area contributed by atoms with Crippen molar-refractivity contribution in [3.8, 4) is 5.95 Å². The molecular weight excluding hydrogens is 406 g/mol. The van der Waals surface area contributed by atoms with Crippen molar-refractivity contribution in [2.75, 3.05) is 17.3 Å². The highest BCUT2D eigenvalue weighted by atomic mass is 19.4. The highest BCUT2D eigenvalue weighted by Gasteiger charge is 2.34. The van der Waals surface area contributed by atoms with E-state index in [1.807, 2.05) is 0 Å². The lowest BCUT2D eigenvalue weighted by Gasteiger charge is -2.15. The fourth-order valence-electron chi connectivity index (χ4n) is 2.07. The summed E-state index contributed by atoms with van der Waals surface area (Å²) in [5.41, 5.74) is -0.749. The fraction of sp³-hybridized carbons (Fsp3) is 0.267. The topological polar surface area (TPSA) is 93.4 Å². The largest absolute Gasteiger partial charge is 0.435 e. The van der Waals surface area contributed by atoms with E-state index in [1.165, 1.54) is 24.5 Å². The zero-order chi connectivity index (χ0) is 21.0. The number of rotatable bonds is 7. The summed E-state index contributed by atoms with van der Waals surface area (Å²) >= 11 is 0. The summed E-state index contributed by atoms with van der Waals surface area (Å²) in [5.74, 6) is -1.07. The van der Waals surface area contributed by atoms with Gasteiger partial charge in [-0.15, -0.1) is 0 Å². The minimum Gasteiger partial charge on any atom is -0.343 e. The maximum Gasteiger partial charge on any atom is 0.435 e. The monoisotopic (exact) mass is 418 g/mol. The van der Waals surface area contributed by atoms with Crippen molar-refractivity contribution < 1.29 is 26.3 Å². The summed E-state index contributed by atoms with van der Waals surface area (Å²) in [6, 6.07) is 1.85. The lowest BCUT2D eigenvalue weighted by Crippen LogP contribution is -2.31. The molecule has 0 bridgehead atoms. The van der Waals surface area contributed by atoms with Crippen LogP contribution in [0.2, 0.25) is 0 Å². The first kappa shape index (κ1) is 20.3. The molecule has 2 N–H and O–H groups in total. The van der Waals surface area contributed by atoms with E-state index in [9.17, 15) is 26.3 Å². The zero-order valence-corrected chi connectivity index (χ0v) is 14.3. The summed E-state index contributed by atoms with van der Waals surface area (Å²) in [4.78, 5) is 15.4. The van der Waals surface area contributed by atoms with Crippen LogP contribution in [-0.4, -0.2) is 48.9 Å². The number of hydrogen-bond donors (Lipinski definition) is 2. The van der Waals surface area contributed by atoms with Crippen molar-refractivity contribution in [2.24, 2.45) is 0 Å². The van der Waals surface area contributed by atoms with Crippen molar-refractivity contribution in [3.05, 3.63) is 42.5 Å². The number of halogens is 6. The molecule has 0 aromatic carbocycles. The highest BCUT2D eigenvalue weighted by Crippen LogP contribution is 2.27. The first-order valence-electron chi connectivity index (χ1n) is 7.93. The summed E-state index contributed by atoms with van der Waals surface area (Å²) < 4.78 is 77.6. The van der Waals surface area contributed by atoms with Gasteiger partial charge in [-0.3, -0.25) is 4.98 Å². The molecule has 0 aliphatic rings. The second kappa shape index (κ2) is 8.28. The lowest BCUT2D eigenvalue weighted by atomic mass is 10.3. The molecule has 29 heavy (non-hydrogen) atoms. The molecule has 0 aliphatic heterocycles. The van der Waals surface area contributed by atoms with Crippen LogP contribution in [0.25, 0.3) is 5.95 Å². The van der Waals surface area contributed by atoms with Crippen LogP contribution < -0.4 is 10.6 Å². The Labute approximate surface area is 159 Å². The van der Waals surface area contributed by atoms with E-state index in [4.69, 9.17) is 0 Å². The van der Waals surface area contributed by atoms with Crippen LogP contribution in [0.4, 0.5) is 43.9 Å². The van der Waals surface area contributed by atoms with Gasteiger partial charge in [0.15, 0.2) is 5.69 Å². The van der Waals surface area contributed by atoms with Crippen LogP contribution in [0.5, 0.6) is 0 Å². The summed E-state index contributed by atoms with van der Waals surface area (Å²) in [5, 5.41) is 8.15. The van der Waals surface area contributed by atoms with E-state index in [0.717, 1.165) is 6.20 Å². The average molecular weight is 418 g/mol. The molecule has 0 spiro atoms. The van der Waals surface area contributed by atoms with E-state index in [-0.39, 0.29) is 5.95 Å². The maximum atomic E-state index is 12.9. The molecule has 0 amide bonds. The highest BCUT2D eigenvalue weighted by molar-refractivity contribution is 5.53. The van der Waals surface area contributed by atoms with Crippen LogP contribution in [0.1, 0.15) is 5.69 Å². The minimum atomic E-state index is -4.70. The molecule has 0 radical (unpaired) electrons. The van der Waals surface area contributed by atoms with Crippen molar-refractivity contribution >= 4 is 17.6 Å². The normalized spacial score (nSPS) is 12.8. The number of nitrogens with zero attached hydrogens (tertiary/aromatic N) is 6. The van der Waals surface area contributed by atoms with Gasteiger partial charge in [0.2, 0.25) is 11.9 Å². The third-order valence-corrected chi connectivity index (χ3v) is 3.43. The molecule has 0 fully saturated rings. The number of pyridine rings is 1. The van der Waals surface area contributed by atoms with Crippen LogP contribution in [0, 0.1) is 0 Å². The molecule has 3 rings (SSSR count). The third kappa shape index (κ3) is 5.08. The van der Waals surface area contributed by atoms with E-state index in [2.05, 4.69) is 35.7 Å². The van der Waals surface area contributed by atoms with Gasteiger partial charge >= 0.3 is 6.18 Å². The predicted molar refractivity (Wildman–Crippen MR) is 88.9 cm³/mol. The van der Waals surface area contributed by atoms with Crippen molar-refractivity contribution in [2.45, 2.75) is 18.6 Å². The summed E-state index contributed by atoms with van der Waals surface area (Å²) in [6.07, 6.45) is -3.94. The minimum absolute atomic E-state index is 0.195. The Morgan fingerprint density at radius 2 is 1.69 bits per heavy atom. The standard InChI is InChI=1S/C15H12F6N8/c16-7-9(11(17)18)24-13-25-12(23-8-1-4-22-5-2-8)26-14(27-13)29-6-3-10(28-29)15(19,20)21/h1-6,9,11H,7H2,(H2,22,23,24,25,26,27). The Morgan fingerprint density at radius 3 is 2.28 bits per heavy atom. The van der Waals surface area contributed by atoms with Gasteiger partial charge in [-0.2, -0.15) is 33.2 Å². The molecule has 0 saturated heterocycles. The first-order chi connectivity index (χ1) is 13.8. The molecule has 1 unspecified atom stereocenters. The molecular formula is C15H12F6N8. The Hall–Kier alpha value is -3.45. The quantitative estimate of drug-likeness (QED) is 0.569. The number of aromatic nitrogens is 6. The SMILES string of the molecule is FCC(Nc1nc(Nc2ccncc2)nc(-n2ccc(C(F)(F)F)n2)n1)C(F)F. The molecule has 3 aromatic rings. The molecule has 14 heteroatoms. The Bertz CT molecular complexity index is 945. The van der Waals surface area contributed by atoms with Gasteiger partial charge in [0.1, 0.15) is 12.7 Å². The van der Waals surface area contributed by atoms with Crippen molar-refractivity contribution in [1.82, 2.24) is 29.7 Å². The predicted octanol–water partition coefficient (Wildman–Crippen LogP) is 3.23. The molecule has 8 nitrogen and oxygen atoms in total. The van der Waals surface area contributed by atoms with Crippen LogP contribution in [0.15, 0.2) is 36.8 Å². The van der Waals surface area contributed by atoms with E-state index < -0.39 is 42.9 Å². The first-order valence-corrected chi connectivity index (χ1v) is 7.93. The van der Waals surface area contributed by atoms with Gasteiger partial charge in [-0.25, -0.2) is 17.9 Å². The Kier molecular flexibility index (Phi) is 5.79. The molecule has 154 valence electrons. The van der Waals surface area contributed by atoms with Gasteiger partial charge in [-0.1, -0.05) is 0 Å². The Balaban J connectivity index is 1.99. The van der Waals surface area contributed by atoms with Crippen LogP contribution in [-0.2, 0) is 6.18 Å².